The first kappa shape index (κ1) is 48.2. The lowest BCUT2D eigenvalue weighted by Gasteiger charge is -2.35. The topological polar surface area (TPSA) is 251 Å². The standard InChI is InChI=1S/C44H49ClF2N10O10/c1-54(17-19-66-21-23-67-22-20-65-18-12-49-29-6-2-4-25-34(29)42(63)57(41(25)62)30-8-9-32(59)51-40(30)61)33(60)10-11-50-44-52-38-26(39(53-44)55-13-15-56(16-14-55)43(48)64)24-27(45)35(37(38)47)36-28(46)5-3-7-31(36)58/h2-7,24,30,49,58H,8-23H2,1H3,(H2,48,64)(H,50,52,53)(H,51,59,61). The molecule has 1 atom stereocenters. The molecule has 3 aromatic carbocycles. The van der Waals surface area contributed by atoms with E-state index in [1.54, 1.807) is 19.2 Å². The van der Waals surface area contributed by atoms with Crippen LogP contribution in [-0.4, -0.2) is 164 Å². The molecule has 2 saturated heterocycles. The normalized spacial score (nSPS) is 16.1. The van der Waals surface area contributed by atoms with Crippen LogP contribution in [0.15, 0.2) is 42.5 Å². The highest BCUT2D eigenvalue weighted by Gasteiger charge is 2.45. The highest BCUT2D eigenvalue weighted by atomic mass is 35.5. The number of phenols is 1. The lowest BCUT2D eigenvalue weighted by molar-refractivity contribution is -0.136. The molecular weight excluding hydrogens is 902 g/mol. The molecular formula is C44H49ClF2N10O10. The molecule has 0 bridgehead atoms. The van der Waals surface area contributed by atoms with Gasteiger partial charge in [-0.1, -0.05) is 23.7 Å². The number of halogens is 3. The number of rotatable bonds is 20. The molecule has 3 aliphatic heterocycles. The number of piperazine rings is 1. The van der Waals surface area contributed by atoms with Gasteiger partial charge in [-0.15, -0.1) is 0 Å². The van der Waals surface area contributed by atoms with Crippen LogP contribution < -0.4 is 26.6 Å². The summed E-state index contributed by atoms with van der Waals surface area (Å²) >= 11 is 6.53. The number of urea groups is 1. The molecule has 7 amide bonds. The number of ether oxygens (including phenoxy) is 3. The molecule has 0 radical (unpaired) electrons. The highest BCUT2D eigenvalue weighted by molar-refractivity contribution is 6.34. The van der Waals surface area contributed by atoms with Crippen LogP contribution in [0.3, 0.4) is 0 Å². The Kier molecular flexibility index (Phi) is 15.6. The van der Waals surface area contributed by atoms with Crippen molar-refractivity contribution in [1.29, 1.82) is 0 Å². The van der Waals surface area contributed by atoms with E-state index in [0.29, 0.717) is 37.7 Å². The van der Waals surface area contributed by atoms with Crippen molar-refractivity contribution in [2.24, 2.45) is 5.73 Å². The largest absolute Gasteiger partial charge is 0.507 e. The van der Waals surface area contributed by atoms with Crippen LogP contribution in [0.2, 0.25) is 5.02 Å². The molecule has 6 N–H and O–H groups in total. The molecule has 23 heteroatoms. The summed E-state index contributed by atoms with van der Waals surface area (Å²) in [4.78, 5) is 89.7. The number of carbonyl (C=O) groups excluding carboxylic acids is 6. The quantitative estimate of drug-likeness (QED) is 0.0631. The van der Waals surface area contributed by atoms with Crippen molar-refractivity contribution in [2.75, 3.05) is 108 Å². The first-order chi connectivity index (χ1) is 32.2. The van der Waals surface area contributed by atoms with Crippen LogP contribution in [-0.2, 0) is 28.6 Å². The fourth-order valence-electron chi connectivity index (χ4n) is 7.89. The number of fused-ring (bicyclic) bond motifs is 2. The number of benzene rings is 3. The van der Waals surface area contributed by atoms with Gasteiger partial charge in [-0.05, 0) is 36.8 Å². The fourth-order valence-corrected chi connectivity index (χ4v) is 8.17. The molecule has 0 saturated carbocycles. The Labute approximate surface area is 387 Å². The minimum atomic E-state index is -1.05. The summed E-state index contributed by atoms with van der Waals surface area (Å²) in [6.07, 6.45) is 0.122. The lowest BCUT2D eigenvalue weighted by Crippen LogP contribution is -2.54. The number of phenolic OH excluding ortho intramolecular Hbond substituents is 1. The molecule has 3 aliphatic rings. The zero-order valence-electron chi connectivity index (χ0n) is 36.4. The number of nitrogens with zero attached hydrogens (tertiary/aromatic N) is 6. The Balaban J connectivity index is 0.814. The number of hydrogen-bond donors (Lipinski definition) is 5. The Bertz CT molecular complexity index is 2540. The predicted octanol–water partition coefficient (Wildman–Crippen LogP) is 2.96. The molecule has 67 heavy (non-hydrogen) atoms. The zero-order chi connectivity index (χ0) is 47.8. The Hall–Kier alpha value is -6.75. The summed E-state index contributed by atoms with van der Waals surface area (Å²) in [6, 6.07) is 8.16. The van der Waals surface area contributed by atoms with Gasteiger partial charge in [0.2, 0.25) is 23.7 Å². The molecule has 356 valence electrons. The second-order valence-corrected chi connectivity index (χ2v) is 16.1. The summed E-state index contributed by atoms with van der Waals surface area (Å²) in [6.45, 7) is 3.49. The van der Waals surface area contributed by atoms with Crippen molar-refractivity contribution < 1.29 is 56.9 Å². The third-order valence-corrected chi connectivity index (χ3v) is 11.7. The van der Waals surface area contributed by atoms with Gasteiger partial charge in [0.1, 0.15) is 28.9 Å². The van der Waals surface area contributed by atoms with E-state index in [0.717, 1.165) is 11.0 Å². The van der Waals surface area contributed by atoms with Gasteiger partial charge in [0.05, 0.1) is 61.4 Å². The average molecular weight is 951 g/mol. The smallest absolute Gasteiger partial charge is 0.314 e. The molecule has 4 heterocycles. The molecule has 7 rings (SSSR count). The van der Waals surface area contributed by atoms with Crippen molar-refractivity contribution >= 4 is 75.5 Å². The Morgan fingerprint density at radius 1 is 0.896 bits per heavy atom. The third kappa shape index (κ3) is 10.9. The van der Waals surface area contributed by atoms with E-state index >= 15 is 4.39 Å². The van der Waals surface area contributed by atoms with Gasteiger partial charge in [-0.25, -0.2) is 18.6 Å². The molecule has 2 fully saturated rings. The number of aromatic hydroxyl groups is 1. The summed E-state index contributed by atoms with van der Waals surface area (Å²) in [5, 5.41) is 18.8. The van der Waals surface area contributed by atoms with E-state index in [2.05, 4.69) is 25.9 Å². The Morgan fingerprint density at radius 3 is 2.30 bits per heavy atom. The number of amides is 7. The molecule has 0 aliphatic carbocycles. The van der Waals surface area contributed by atoms with Crippen LogP contribution in [0.25, 0.3) is 22.0 Å². The van der Waals surface area contributed by atoms with Crippen LogP contribution in [0.1, 0.15) is 40.0 Å². The van der Waals surface area contributed by atoms with Crippen LogP contribution in [0, 0.1) is 11.6 Å². The van der Waals surface area contributed by atoms with Crippen LogP contribution >= 0.6 is 11.6 Å². The van der Waals surface area contributed by atoms with Gasteiger partial charge in [0, 0.05) is 82.3 Å². The van der Waals surface area contributed by atoms with Gasteiger partial charge in [0.25, 0.3) is 11.8 Å². The summed E-state index contributed by atoms with van der Waals surface area (Å²) in [5.74, 6) is -4.63. The maximum atomic E-state index is 16.4. The monoisotopic (exact) mass is 950 g/mol. The number of nitrogens with two attached hydrogens (primary N) is 1. The molecule has 1 aromatic heterocycles. The number of aromatic nitrogens is 2. The number of likely N-dealkylation sites (N-methyl/N-ethyl adjacent to an activating group) is 1. The SMILES string of the molecule is CN(CCOCCOCCOCCNc1cccc2c1C(=O)N(C1CCC(=O)NC1=O)C2=O)C(=O)CCNc1nc(N2CCN(C(N)=O)CC2)c2cc(Cl)c(-c3c(O)cccc3F)c(F)c2n1. The Morgan fingerprint density at radius 2 is 1.60 bits per heavy atom. The lowest BCUT2D eigenvalue weighted by atomic mass is 10.0. The minimum absolute atomic E-state index is 0.0151. The molecule has 0 spiro atoms. The van der Waals surface area contributed by atoms with Gasteiger partial charge in [-0.3, -0.25) is 34.2 Å². The van der Waals surface area contributed by atoms with E-state index in [1.807, 2.05) is 4.90 Å². The van der Waals surface area contributed by atoms with Gasteiger partial charge in [0.15, 0.2) is 5.82 Å². The second-order valence-electron chi connectivity index (χ2n) is 15.7. The van der Waals surface area contributed by atoms with Crippen molar-refractivity contribution in [3.63, 3.8) is 0 Å². The molecule has 20 nitrogen and oxygen atoms in total. The van der Waals surface area contributed by atoms with Crippen molar-refractivity contribution in [1.82, 2.24) is 30.0 Å². The first-order valence-electron chi connectivity index (χ1n) is 21.5. The first-order valence-corrected chi connectivity index (χ1v) is 21.9. The van der Waals surface area contributed by atoms with Gasteiger partial charge in [-0.2, -0.15) is 4.98 Å². The number of hydrogen-bond acceptors (Lipinski definition) is 15. The highest BCUT2D eigenvalue weighted by Crippen LogP contribution is 2.42. The van der Waals surface area contributed by atoms with Crippen molar-refractivity contribution in [3.8, 4) is 16.9 Å². The number of primary amides is 1. The van der Waals surface area contributed by atoms with E-state index in [4.69, 9.17) is 31.5 Å². The van der Waals surface area contributed by atoms with Crippen molar-refractivity contribution in [3.05, 3.63) is 70.2 Å². The average Bonchev–Trinajstić information content (AvgIpc) is 3.56. The summed E-state index contributed by atoms with van der Waals surface area (Å²) in [5.41, 5.74) is 5.23. The van der Waals surface area contributed by atoms with Crippen LogP contribution in [0.5, 0.6) is 5.75 Å². The minimum Gasteiger partial charge on any atom is -0.507 e. The van der Waals surface area contributed by atoms with E-state index < -0.39 is 58.6 Å². The maximum absolute atomic E-state index is 16.4. The zero-order valence-corrected chi connectivity index (χ0v) is 37.2. The van der Waals surface area contributed by atoms with E-state index in [-0.39, 0.29) is 123 Å². The maximum Gasteiger partial charge on any atom is 0.314 e. The number of nitrogens with one attached hydrogen (secondary N) is 3. The summed E-state index contributed by atoms with van der Waals surface area (Å²) < 4.78 is 48.1. The number of piperidine rings is 1. The van der Waals surface area contributed by atoms with Gasteiger partial charge < -0.3 is 50.4 Å². The van der Waals surface area contributed by atoms with Gasteiger partial charge >= 0.3 is 6.03 Å². The van der Waals surface area contributed by atoms with E-state index in [9.17, 15) is 38.3 Å². The number of anilines is 3. The molecule has 1 unspecified atom stereocenters. The van der Waals surface area contributed by atoms with Crippen molar-refractivity contribution in [2.45, 2.75) is 25.3 Å². The number of imide groups is 2. The molecule has 4 aromatic rings. The predicted molar refractivity (Wildman–Crippen MR) is 240 cm³/mol. The summed E-state index contributed by atoms with van der Waals surface area (Å²) in [7, 11) is 1.63. The number of carbonyl (C=O) groups is 6. The van der Waals surface area contributed by atoms with E-state index in [1.165, 1.54) is 34.1 Å². The third-order valence-electron chi connectivity index (χ3n) is 11.4. The van der Waals surface area contributed by atoms with Crippen LogP contribution in [0.4, 0.5) is 31.0 Å². The second kappa shape index (κ2) is 21.7. The fraction of sp³-hybridized carbons (Fsp3) is 0.409.